The summed E-state index contributed by atoms with van der Waals surface area (Å²) >= 11 is 3.29. The van der Waals surface area contributed by atoms with Crippen LogP contribution >= 0.6 is 15.9 Å². The Morgan fingerprint density at radius 1 is 1.35 bits per heavy atom. The Labute approximate surface area is 123 Å². The van der Waals surface area contributed by atoms with Gasteiger partial charge in [0.15, 0.2) is 5.84 Å². The van der Waals surface area contributed by atoms with Crippen molar-refractivity contribution in [1.82, 2.24) is 4.98 Å². The quantitative estimate of drug-likeness (QED) is 0.346. The molecule has 2 aromatic rings. The van der Waals surface area contributed by atoms with Crippen LogP contribution < -0.4 is 11.1 Å². The highest BCUT2D eigenvalue weighted by molar-refractivity contribution is 9.10. The Morgan fingerprint density at radius 2 is 2.15 bits per heavy atom. The molecule has 7 heteroatoms. The first-order valence-electron chi connectivity index (χ1n) is 5.61. The van der Waals surface area contributed by atoms with E-state index >= 15 is 0 Å². The minimum atomic E-state index is -0.375. The zero-order valence-corrected chi connectivity index (χ0v) is 11.8. The molecule has 0 saturated carbocycles. The summed E-state index contributed by atoms with van der Waals surface area (Å²) in [4.78, 5) is 16.0. The van der Waals surface area contributed by atoms with Crippen molar-refractivity contribution in [2.24, 2.45) is 10.9 Å². The molecule has 0 radical (unpaired) electrons. The van der Waals surface area contributed by atoms with Crippen LogP contribution in [-0.2, 0) is 0 Å². The number of nitrogens with two attached hydrogens (primary N) is 1. The molecule has 6 nitrogen and oxygen atoms in total. The number of aromatic nitrogens is 1. The summed E-state index contributed by atoms with van der Waals surface area (Å²) in [5.41, 5.74) is 6.71. The van der Waals surface area contributed by atoms with Gasteiger partial charge in [0.25, 0.3) is 5.91 Å². The van der Waals surface area contributed by atoms with Crippen LogP contribution in [0.25, 0.3) is 0 Å². The summed E-state index contributed by atoms with van der Waals surface area (Å²) in [6.07, 6.45) is 1.53. The highest BCUT2D eigenvalue weighted by Gasteiger charge is 2.12. The minimum Gasteiger partial charge on any atom is -0.409 e. The molecule has 20 heavy (non-hydrogen) atoms. The highest BCUT2D eigenvalue weighted by atomic mass is 79.9. The molecule has 0 unspecified atom stereocenters. The minimum absolute atomic E-state index is 0.0948. The van der Waals surface area contributed by atoms with E-state index in [9.17, 15) is 4.79 Å². The molecule has 1 heterocycles. The van der Waals surface area contributed by atoms with Gasteiger partial charge in [-0.25, -0.2) is 0 Å². The van der Waals surface area contributed by atoms with E-state index in [1.165, 1.54) is 6.20 Å². The molecule has 0 bridgehead atoms. The summed E-state index contributed by atoms with van der Waals surface area (Å²) in [6, 6.07) is 10.1. The van der Waals surface area contributed by atoms with E-state index in [4.69, 9.17) is 10.9 Å². The number of carbonyl (C=O) groups excluding carboxylic acids is 1. The number of carbonyl (C=O) groups is 1. The number of nitrogens with one attached hydrogen (secondary N) is 1. The number of halogens is 1. The lowest BCUT2D eigenvalue weighted by molar-refractivity contribution is 0.102. The van der Waals surface area contributed by atoms with Crippen molar-refractivity contribution < 1.29 is 10.0 Å². The van der Waals surface area contributed by atoms with Gasteiger partial charge in [-0.05, 0) is 30.3 Å². The van der Waals surface area contributed by atoms with Gasteiger partial charge in [-0.2, -0.15) is 0 Å². The smallest absolute Gasteiger partial charge is 0.274 e. The molecule has 1 aromatic heterocycles. The third-order valence-corrected chi connectivity index (χ3v) is 3.00. The molecule has 1 amide bonds. The zero-order chi connectivity index (χ0) is 14.5. The van der Waals surface area contributed by atoms with Crippen molar-refractivity contribution in [3.63, 3.8) is 0 Å². The van der Waals surface area contributed by atoms with Gasteiger partial charge in [-0.3, -0.25) is 9.78 Å². The third kappa shape index (κ3) is 3.12. The lowest BCUT2D eigenvalue weighted by Gasteiger charge is -2.10. The normalized spacial score (nSPS) is 11.2. The van der Waals surface area contributed by atoms with Gasteiger partial charge in [-0.1, -0.05) is 27.2 Å². The molecule has 4 N–H and O–H groups in total. The number of pyridine rings is 1. The largest absolute Gasteiger partial charge is 0.409 e. The van der Waals surface area contributed by atoms with Crippen LogP contribution in [-0.4, -0.2) is 21.9 Å². The van der Waals surface area contributed by atoms with Crippen LogP contribution in [0.1, 0.15) is 16.1 Å². The number of hydrogen-bond donors (Lipinski definition) is 3. The number of nitrogens with zero attached hydrogens (tertiary/aromatic N) is 2. The predicted molar refractivity (Wildman–Crippen MR) is 78.8 cm³/mol. The van der Waals surface area contributed by atoms with Crippen LogP contribution in [0.2, 0.25) is 0 Å². The van der Waals surface area contributed by atoms with Gasteiger partial charge in [0, 0.05) is 16.2 Å². The molecule has 0 aliphatic heterocycles. The third-order valence-electron chi connectivity index (χ3n) is 2.51. The van der Waals surface area contributed by atoms with Gasteiger partial charge in [0.2, 0.25) is 0 Å². The van der Waals surface area contributed by atoms with E-state index in [1.807, 2.05) is 0 Å². The molecule has 1 aromatic carbocycles. The molecule has 0 atom stereocenters. The lowest BCUT2D eigenvalue weighted by atomic mass is 10.1. The van der Waals surface area contributed by atoms with Crippen molar-refractivity contribution in [3.05, 3.63) is 58.3 Å². The number of benzene rings is 1. The van der Waals surface area contributed by atoms with Gasteiger partial charge in [0.1, 0.15) is 5.69 Å². The average Bonchev–Trinajstić information content (AvgIpc) is 2.49. The SMILES string of the molecule is N/C(=N/O)c1cc(Br)ccc1NC(=O)c1ccccn1. The van der Waals surface area contributed by atoms with Gasteiger partial charge >= 0.3 is 0 Å². The maximum absolute atomic E-state index is 12.0. The number of amides is 1. The number of oxime groups is 1. The lowest BCUT2D eigenvalue weighted by Crippen LogP contribution is -2.19. The van der Waals surface area contributed by atoms with E-state index in [2.05, 4.69) is 31.4 Å². The fourth-order valence-electron chi connectivity index (χ4n) is 1.57. The number of amidine groups is 1. The van der Waals surface area contributed by atoms with E-state index in [1.54, 1.807) is 36.4 Å². The highest BCUT2D eigenvalue weighted by Crippen LogP contribution is 2.21. The molecular weight excluding hydrogens is 324 g/mol. The summed E-state index contributed by atoms with van der Waals surface area (Å²) in [7, 11) is 0. The molecule has 0 saturated heterocycles. The Bertz CT molecular complexity index is 659. The van der Waals surface area contributed by atoms with Crippen molar-refractivity contribution >= 4 is 33.4 Å². The summed E-state index contributed by atoms with van der Waals surface area (Å²) in [6.45, 7) is 0. The summed E-state index contributed by atoms with van der Waals surface area (Å²) in [5, 5.41) is 14.4. The Balaban J connectivity index is 2.32. The number of anilines is 1. The predicted octanol–water partition coefficient (Wildman–Crippen LogP) is 2.19. The van der Waals surface area contributed by atoms with Crippen molar-refractivity contribution in [1.29, 1.82) is 0 Å². The molecule has 2 rings (SSSR count). The second kappa shape index (κ2) is 6.16. The van der Waals surface area contributed by atoms with Crippen LogP contribution in [0.4, 0.5) is 5.69 Å². The van der Waals surface area contributed by atoms with Gasteiger partial charge in [0.05, 0.1) is 5.69 Å². The fraction of sp³-hybridized carbons (Fsp3) is 0. The van der Waals surface area contributed by atoms with Crippen molar-refractivity contribution in [2.75, 3.05) is 5.32 Å². The summed E-state index contributed by atoms with van der Waals surface area (Å²) in [5.74, 6) is -0.470. The van der Waals surface area contributed by atoms with E-state index in [-0.39, 0.29) is 17.4 Å². The molecule has 0 fully saturated rings. The average molecular weight is 335 g/mol. The van der Waals surface area contributed by atoms with Crippen LogP contribution in [0, 0.1) is 0 Å². The molecule has 0 aliphatic rings. The van der Waals surface area contributed by atoms with Crippen molar-refractivity contribution in [3.8, 4) is 0 Å². The van der Waals surface area contributed by atoms with Crippen LogP contribution in [0.15, 0.2) is 52.2 Å². The monoisotopic (exact) mass is 334 g/mol. The first-order valence-corrected chi connectivity index (χ1v) is 6.41. The van der Waals surface area contributed by atoms with Crippen LogP contribution in [0.3, 0.4) is 0 Å². The second-order valence-electron chi connectivity index (χ2n) is 3.84. The maximum atomic E-state index is 12.0. The zero-order valence-electron chi connectivity index (χ0n) is 10.2. The Kier molecular flexibility index (Phi) is 4.31. The van der Waals surface area contributed by atoms with Gasteiger partial charge < -0.3 is 16.3 Å². The standard InChI is InChI=1S/C13H11BrN4O2/c14-8-4-5-10(9(7-8)12(15)18-20)17-13(19)11-3-1-2-6-16-11/h1-7,20H,(H2,15,18)(H,17,19). The fourth-order valence-corrected chi connectivity index (χ4v) is 1.94. The Hall–Kier alpha value is -2.41. The first kappa shape index (κ1) is 14.0. The molecular formula is C13H11BrN4O2. The maximum Gasteiger partial charge on any atom is 0.274 e. The van der Waals surface area contributed by atoms with Crippen LogP contribution in [0.5, 0.6) is 0 Å². The summed E-state index contributed by atoms with van der Waals surface area (Å²) < 4.78 is 0.745. The Morgan fingerprint density at radius 3 is 2.80 bits per heavy atom. The number of hydrogen-bond acceptors (Lipinski definition) is 4. The van der Waals surface area contributed by atoms with Crippen molar-refractivity contribution in [2.45, 2.75) is 0 Å². The second-order valence-corrected chi connectivity index (χ2v) is 4.76. The number of rotatable bonds is 3. The van der Waals surface area contributed by atoms with E-state index < -0.39 is 0 Å². The van der Waals surface area contributed by atoms with Gasteiger partial charge in [-0.15, -0.1) is 0 Å². The van der Waals surface area contributed by atoms with E-state index in [0.29, 0.717) is 11.3 Å². The molecule has 0 aliphatic carbocycles. The molecule has 102 valence electrons. The topological polar surface area (TPSA) is 101 Å². The van der Waals surface area contributed by atoms with E-state index in [0.717, 1.165) is 4.47 Å². The first-order chi connectivity index (χ1) is 9.61. The molecule has 0 spiro atoms.